The van der Waals surface area contributed by atoms with E-state index in [2.05, 4.69) is 45.9 Å². The highest BCUT2D eigenvalue weighted by Crippen LogP contribution is 2.21. The number of imidazole rings is 1. The molecule has 2 heterocycles. The Balaban J connectivity index is 1.62. The van der Waals surface area contributed by atoms with Gasteiger partial charge >= 0.3 is 0 Å². The molecule has 4 N–H and O–H groups in total. The number of carbonyl (C=O) groups is 1. The van der Waals surface area contributed by atoms with Gasteiger partial charge in [0, 0.05) is 37.4 Å². The number of pyridine rings is 1. The van der Waals surface area contributed by atoms with Crippen LogP contribution in [-0.4, -0.2) is 34.1 Å². The van der Waals surface area contributed by atoms with Crippen molar-refractivity contribution in [2.24, 2.45) is 10.8 Å². The molecule has 0 aliphatic heterocycles. The molecule has 0 radical (unpaired) electrons. The van der Waals surface area contributed by atoms with E-state index in [-0.39, 0.29) is 5.56 Å². The van der Waals surface area contributed by atoms with Crippen molar-refractivity contribution in [3.8, 4) is 11.8 Å². The highest BCUT2D eigenvalue weighted by molar-refractivity contribution is 6.04. The number of allylic oxidation sites excluding steroid dienone is 1. The highest BCUT2D eigenvalue weighted by Gasteiger charge is 2.15. The third kappa shape index (κ3) is 6.19. The van der Waals surface area contributed by atoms with Crippen LogP contribution < -0.4 is 16.4 Å². The standard InChI is InChI=1S/C31H30FN7O/c1-6-24(17-33)36-29-8-7-11-39-26(18-35-30(29)39)10-9-23-16-27(28(32)14-21(23)3)31(40)37-25-13-20(2)12-22(15-25)19-38(5)34-4/h6-8,11-18,36H,1,4,19,33H2,2-3,5H3,(H,37,40)/b24-17+. The number of aromatic nitrogens is 2. The van der Waals surface area contributed by atoms with Gasteiger partial charge in [0.05, 0.1) is 29.7 Å². The van der Waals surface area contributed by atoms with Crippen molar-refractivity contribution >= 4 is 29.6 Å². The minimum absolute atomic E-state index is 0.0991. The fraction of sp³-hybridized carbons (Fsp3) is 0.129. The number of carbonyl (C=O) groups excluding carboxylic acids is 1. The minimum atomic E-state index is -0.625. The molecule has 0 spiro atoms. The van der Waals surface area contributed by atoms with E-state index < -0.39 is 11.7 Å². The van der Waals surface area contributed by atoms with Gasteiger partial charge < -0.3 is 16.4 Å². The number of nitrogens with zero attached hydrogens (tertiary/aromatic N) is 4. The van der Waals surface area contributed by atoms with Crippen LogP contribution in [0.2, 0.25) is 0 Å². The van der Waals surface area contributed by atoms with Crippen LogP contribution in [-0.2, 0) is 6.54 Å². The maximum Gasteiger partial charge on any atom is 0.258 e. The van der Waals surface area contributed by atoms with Crippen LogP contribution in [0.1, 0.15) is 38.3 Å². The van der Waals surface area contributed by atoms with E-state index in [4.69, 9.17) is 5.73 Å². The van der Waals surface area contributed by atoms with Gasteiger partial charge in [0.2, 0.25) is 0 Å². The van der Waals surface area contributed by atoms with Crippen LogP contribution in [0.15, 0.2) is 84.5 Å². The maximum atomic E-state index is 14.9. The lowest BCUT2D eigenvalue weighted by Gasteiger charge is -2.14. The van der Waals surface area contributed by atoms with Gasteiger partial charge in [0.25, 0.3) is 5.91 Å². The molecule has 0 saturated heterocycles. The first kappa shape index (κ1) is 27.7. The van der Waals surface area contributed by atoms with Crippen LogP contribution in [0.5, 0.6) is 0 Å². The van der Waals surface area contributed by atoms with Crippen molar-refractivity contribution in [1.82, 2.24) is 14.4 Å². The third-order valence-electron chi connectivity index (χ3n) is 6.15. The molecular weight excluding hydrogens is 505 g/mol. The van der Waals surface area contributed by atoms with Gasteiger partial charge in [-0.05, 0) is 78.9 Å². The summed E-state index contributed by atoms with van der Waals surface area (Å²) in [5.41, 5.74) is 11.8. The molecule has 0 unspecified atom stereocenters. The average Bonchev–Trinajstić information content (AvgIpc) is 3.34. The maximum absolute atomic E-state index is 14.9. The normalized spacial score (nSPS) is 10.9. The fourth-order valence-electron chi connectivity index (χ4n) is 4.17. The smallest absolute Gasteiger partial charge is 0.258 e. The van der Waals surface area contributed by atoms with E-state index in [1.54, 1.807) is 31.3 Å². The summed E-state index contributed by atoms with van der Waals surface area (Å²) < 4.78 is 16.7. The molecule has 4 aromatic rings. The second-order valence-corrected chi connectivity index (χ2v) is 9.23. The number of hydrogen-bond acceptors (Lipinski definition) is 6. The van der Waals surface area contributed by atoms with Crippen molar-refractivity contribution in [1.29, 1.82) is 0 Å². The number of nitrogens with two attached hydrogens (primary N) is 1. The van der Waals surface area contributed by atoms with E-state index in [0.29, 0.717) is 40.4 Å². The number of hydrazone groups is 1. The van der Waals surface area contributed by atoms with Crippen LogP contribution in [0.4, 0.5) is 15.8 Å². The second kappa shape index (κ2) is 12.0. The third-order valence-corrected chi connectivity index (χ3v) is 6.15. The number of nitrogens with one attached hydrogen (secondary N) is 2. The van der Waals surface area contributed by atoms with Crippen LogP contribution in [0, 0.1) is 31.5 Å². The molecule has 0 saturated carbocycles. The molecule has 0 fully saturated rings. The Bertz CT molecular complexity index is 1710. The highest BCUT2D eigenvalue weighted by atomic mass is 19.1. The number of amides is 1. The zero-order valence-corrected chi connectivity index (χ0v) is 22.6. The molecule has 8 nitrogen and oxygen atoms in total. The van der Waals surface area contributed by atoms with Gasteiger partial charge in [-0.15, -0.1) is 0 Å². The van der Waals surface area contributed by atoms with Gasteiger partial charge in [-0.3, -0.25) is 14.2 Å². The summed E-state index contributed by atoms with van der Waals surface area (Å²) in [5, 5.41) is 11.5. The van der Waals surface area contributed by atoms with Crippen molar-refractivity contribution < 1.29 is 9.18 Å². The number of fused-ring (bicyclic) bond motifs is 1. The summed E-state index contributed by atoms with van der Waals surface area (Å²) in [5.74, 6) is 4.98. The second-order valence-electron chi connectivity index (χ2n) is 9.23. The number of anilines is 2. The average molecular weight is 536 g/mol. The Hall–Kier alpha value is -5.36. The molecule has 9 heteroatoms. The number of rotatable bonds is 8. The Morgan fingerprint density at radius 2 is 2.02 bits per heavy atom. The summed E-state index contributed by atoms with van der Waals surface area (Å²) in [6, 6.07) is 12.2. The molecule has 0 aliphatic rings. The Morgan fingerprint density at radius 1 is 1.23 bits per heavy atom. The molecule has 2 aromatic heterocycles. The summed E-state index contributed by atoms with van der Waals surface area (Å²) in [6.07, 6.45) is 6.51. The lowest BCUT2D eigenvalue weighted by Crippen LogP contribution is -2.15. The van der Waals surface area contributed by atoms with E-state index in [0.717, 1.165) is 16.8 Å². The number of halogens is 1. The van der Waals surface area contributed by atoms with Crippen molar-refractivity contribution in [3.05, 3.63) is 119 Å². The Labute approximate surface area is 232 Å². The molecular formula is C31H30FN7O. The van der Waals surface area contributed by atoms with Gasteiger partial charge in [-0.1, -0.05) is 18.6 Å². The lowest BCUT2D eigenvalue weighted by atomic mass is 10.0. The molecule has 2 aromatic carbocycles. The van der Waals surface area contributed by atoms with Gasteiger partial charge in [-0.25, -0.2) is 9.37 Å². The summed E-state index contributed by atoms with van der Waals surface area (Å²) >= 11 is 0. The first-order valence-corrected chi connectivity index (χ1v) is 12.4. The quantitative estimate of drug-likeness (QED) is 0.125. The molecule has 4 rings (SSSR count). The monoisotopic (exact) mass is 535 g/mol. The van der Waals surface area contributed by atoms with Gasteiger partial charge in [-0.2, -0.15) is 5.10 Å². The minimum Gasteiger partial charge on any atom is -0.403 e. The molecule has 0 aliphatic carbocycles. The van der Waals surface area contributed by atoms with Crippen LogP contribution in [0.25, 0.3) is 5.65 Å². The molecule has 202 valence electrons. The molecule has 40 heavy (non-hydrogen) atoms. The van der Waals surface area contributed by atoms with E-state index in [9.17, 15) is 9.18 Å². The van der Waals surface area contributed by atoms with Gasteiger partial charge in [0.1, 0.15) is 11.5 Å². The van der Waals surface area contributed by atoms with Crippen LogP contribution in [0.3, 0.4) is 0 Å². The predicted molar refractivity (Wildman–Crippen MR) is 159 cm³/mol. The van der Waals surface area contributed by atoms with E-state index in [1.807, 2.05) is 47.9 Å². The first-order valence-electron chi connectivity index (χ1n) is 12.4. The lowest BCUT2D eigenvalue weighted by molar-refractivity contribution is 0.102. The zero-order valence-electron chi connectivity index (χ0n) is 22.6. The molecule has 0 atom stereocenters. The molecule has 0 bridgehead atoms. The molecule has 1 amide bonds. The number of hydrogen-bond donors (Lipinski definition) is 3. The SMILES string of the molecule is C=C/C(=C\N)Nc1cccn2c(C#Cc3cc(C(=O)Nc4cc(C)cc(CN(C)N=C)c4)c(F)cc3C)cnc12. The number of aryl methyl sites for hydroxylation is 2. The van der Waals surface area contributed by atoms with Crippen LogP contribution >= 0.6 is 0 Å². The Morgan fingerprint density at radius 3 is 2.75 bits per heavy atom. The first-order chi connectivity index (χ1) is 19.2. The zero-order chi connectivity index (χ0) is 28.8. The topological polar surface area (TPSA) is 100 Å². The van der Waals surface area contributed by atoms with E-state index in [1.165, 1.54) is 18.3 Å². The summed E-state index contributed by atoms with van der Waals surface area (Å²) in [4.78, 5) is 17.6. The fourth-order valence-corrected chi connectivity index (χ4v) is 4.17. The van der Waals surface area contributed by atoms with E-state index >= 15 is 0 Å². The van der Waals surface area contributed by atoms with Crippen molar-refractivity contribution in [3.63, 3.8) is 0 Å². The van der Waals surface area contributed by atoms with Gasteiger partial charge in [0.15, 0.2) is 5.65 Å². The summed E-state index contributed by atoms with van der Waals surface area (Å²) in [7, 11) is 1.80. The van der Waals surface area contributed by atoms with Crippen molar-refractivity contribution in [2.45, 2.75) is 20.4 Å². The van der Waals surface area contributed by atoms with Crippen molar-refractivity contribution in [2.75, 3.05) is 17.7 Å². The number of benzene rings is 2. The largest absolute Gasteiger partial charge is 0.403 e. The predicted octanol–water partition coefficient (Wildman–Crippen LogP) is 5.19. The Kier molecular flexibility index (Phi) is 8.30. The summed E-state index contributed by atoms with van der Waals surface area (Å²) in [6.45, 7) is 11.4.